The van der Waals surface area contributed by atoms with Gasteiger partial charge in [-0.1, -0.05) is 48.5 Å². The maximum Gasteiger partial charge on any atom is 0.171 e. The predicted molar refractivity (Wildman–Crippen MR) is 105 cm³/mol. The van der Waals surface area contributed by atoms with Gasteiger partial charge in [-0.05, 0) is 47.6 Å². The molecule has 0 fully saturated rings. The van der Waals surface area contributed by atoms with Gasteiger partial charge in [-0.25, -0.2) is 0 Å². The number of hydrogen-bond acceptors (Lipinski definition) is 2. The monoisotopic (exact) mass is 336 g/mol. The van der Waals surface area contributed by atoms with Gasteiger partial charge in [-0.2, -0.15) is 0 Å². The predicted octanol–water partition coefficient (Wildman–Crippen LogP) is 4.90. The van der Waals surface area contributed by atoms with E-state index < -0.39 is 0 Å². The van der Waals surface area contributed by atoms with Crippen molar-refractivity contribution in [3.63, 3.8) is 0 Å². The second kappa shape index (κ2) is 7.32. The van der Waals surface area contributed by atoms with Crippen LogP contribution in [0.5, 0.6) is 5.75 Å². The zero-order chi connectivity index (χ0) is 16.9. The molecule has 0 radical (unpaired) electrons. The fourth-order valence-electron chi connectivity index (χ4n) is 2.77. The lowest BCUT2D eigenvalue weighted by Crippen LogP contribution is -2.31. The molecule has 3 aromatic rings. The summed E-state index contributed by atoms with van der Waals surface area (Å²) in [5, 5.41) is 9.62. The lowest BCUT2D eigenvalue weighted by molar-refractivity contribution is 0.415. The molecule has 3 aromatic carbocycles. The van der Waals surface area contributed by atoms with Crippen molar-refractivity contribution in [2.24, 2.45) is 0 Å². The van der Waals surface area contributed by atoms with E-state index in [-0.39, 0.29) is 6.04 Å². The molecule has 0 heterocycles. The first-order valence-corrected chi connectivity index (χ1v) is 8.27. The summed E-state index contributed by atoms with van der Waals surface area (Å²) in [6.45, 7) is 2.11. The van der Waals surface area contributed by atoms with Crippen LogP contribution in [0.2, 0.25) is 0 Å². The molecule has 0 aromatic heterocycles. The maximum atomic E-state index is 5.45. The SMILES string of the molecule is COc1cccc(NC(=S)N[C@H](C)c2cccc3ccccc23)c1. The maximum absolute atomic E-state index is 5.45. The average Bonchev–Trinajstić information content (AvgIpc) is 2.61. The molecular formula is C20H20N2OS. The smallest absolute Gasteiger partial charge is 0.171 e. The van der Waals surface area contributed by atoms with Crippen molar-refractivity contribution in [2.75, 3.05) is 12.4 Å². The summed E-state index contributed by atoms with van der Waals surface area (Å²) >= 11 is 5.45. The van der Waals surface area contributed by atoms with E-state index in [1.165, 1.54) is 16.3 Å². The normalized spacial score (nSPS) is 11.8. The lowest BCUT2D eigenvalue weighted by atomic mass is 10.00. The van der Waals surface area contributed by atoms with Crippen molar-refractivity contribution in [2.45, 2.75) is 13.0 Å². The molecule has 0 unspecified atom stereocenters. The Labute approximate surface area is 147 Å². The molecule has 3 nitrogen and oxygen atoms in total. The first kappa shape index (κ1) is 16.3. The topological polar surface area (TPSA) is 33.3 Å². The van der Waals surface area contributed by atoms with Crippen LogP contribution in [0.4, 0.5) is 5.69 Å². The van der Waals surface area contributed by atoms with E-state index >= 15 is 0 Å². The van der Waals surface area contributed by atoms with Gasteiger partial charge in [0.05, 0.1) is 13.2 Å². The summed E-state index contributed by atoms with van der Waals surface area (Å²) in [6.07, 6.45) is 0. The Bertz CT molecular complexity index is 858. The molecule has 0 saturated heterocycles. The van der Waals surface area contributed by atoms with Gasteiger partial charge in [0.25, 0.3) is 0 Å². The van der Waals surface area contributed by atoms with Gasteiger partial charge < -0.3 is 15.4 Å². The average molecular weight is 336 g/mol. The molecule has 0 aliphatic rings. The van der Waals surface area contributed by atoms with Gasteiger partial charge in [0, 0.05) is 11.8 Å². The summed E-state index contributed by atoms with van der Waals surface area (Å²) in [6, 6.07) is 22.5. The van der Waals surface area contributed by atoms with E-state index in [0.717, 1.165) is 11.4 Å². The van der Waals surface area contributed by atoms with Crippen molar-refractivity contribution in [3.8, 4) is 5.75 Å². The summed E-state index contributed by atoms with van der Waals surface area (Å²) in [5.41, 5.74) is 2.12. The highest BCUT2D eigenvalue weighted by Crippen LogP contribution is 2.24. The first-order valence-electron chi connectivity index (χ1n) is 7.86. The lowest BCUT2D eigenvalue weighted by Gasteiger charge is -2.19. The molecule has 122 valence electrons. The summed E-state index contributed by atoms with van der Waals surface area (Å²) in [7, 11) is 1.65. The van der Waals surface area contributed by atoms with Crippen LogP contribution in [0.1, 0.15) is 18.5 Å². The molecule has 4 heteroatoms. The Balaban J connectivity index is 1.73. The fourth-order valence-corrected chi connectivity index (χ4v) is 3.07. The molecule has 0 bridgehead atoms. The number of methoxy groups -OCH3 is 1. The van der Waals surface area contributed by atoms with Crippen LogP contribution >= 0.6 is 12.2 Å². The van der Waals surface area contributed by atoms with E-state index in [9.17, 15) is 0 Å². The Kier molecular flexibility index (Phi) is 4.96. The third-order valence-corrected chi connectivity index (χ3v) is 4.18. The minimum absolute atomic E-state index is 0.0988. The standard InChI is InChI=1S/C20H20N2OS/c1-14(18-12-5-8-15-7-3-4-11-19(15)18)21-20(24)22-16-9-6-10-17(13-16)23-2/h3-14H,1-2H3,(H2,21,22,24)/t14-/m1/s1. The molecule has 0 spiro atoms. The quantitative estimate of drug-likeness (QED) is 0.664. The molecule has 0 aliphatic heterocycles. The number of hydrogen-bond donors (Lipinski definition) is 2. The van der Waals surface area contributed by atoms with Crippen LogP contribution in [0.3, 0.4) is 0 Å². The largest absolute Gasteiger partial charge is 0.497 e. The zero-order valence-electron chi connectivity index (χ0n) is 13.7. The highest BCUT2D eigenvalue weighted by atomic mass is 32.1. The third-order valence-electron chi connectivity index (χ3n) is 3.97. The Morgan fingerprint density at radius 1 is 1.00 bits per heavy atom. The van der Waals surface area contributed by atoms with Crippen molar-refractivity contribution < 1.29 is 4.74 Å². The van der Waals surface area contributed by atoms with Gasteiger partial charge in [0.1, 0.15) is 5.75 Å². The second-order valence-electron chi connectivity index (χ2n) is 5.62. The van der Waals surface area contributed by atoms with Gasteiger partial charge in [0.2, 0.25) is 0 Å². The number of ether oxygens (including phenoxy) is 1. The number of fused-ring (bicyclic) bond motifs is 1. The van der Waals surface area contributed by atoms with Gasteiger partial charge in [-0.3, -0.25) is 0 Å². The van der Waals surface area contributed by atoms with Crippen LogP contribution in [0.25, 0.3) is 10.8 Å². The van der Waals surface area contributed by atoms with Gasteiger partial charge in [-0.15, -0.1) is 0 Å². The number of benzene rings is 3. The molecule has 0 aliphatic carbocycles. The van der Waals surface area contributed by atoms with Crippen molar-refractivity contribution >= 4 is 33.8 Å². The zero-order valence-corrected chi connectivity index (χ0v) is 14.6. The first-order chi connectivity index (χ1) is 11.7. The minimum atomic E-state index is 0.0988. The number of rotatable bonds is 4. The number of nitrogens with one attached hydrogen (secondary N) is 2. The van der Waals surface area contributed by atoms with Crippen molar-refractivity contribution in [3.05, 3.63) is 72.3 Å². The molecule has 0 saturated carbocycles. The second-order valence-corrected chi connectivity index (χ2v) is 6.03. The Morgan fingerprint density at radius 2 is 1.75 bits per heavy atom. The fraction of sp³-hybridized carbons (Fsp3) is 0.150. The minimum Gasteiger partial charge on any atom is -0.497 e. The third kappa shape index (κ3) is 3.66. The molecule has 1 atom stereocenters. The van der Waals surface area contributed by atoms with Crippen LogP contribution in [0, 0.1) is 0 Å². The van der Waals surface area contributed by atoms with E-state index in [4.69, 9.17) is 17.0 Å². The van der Waals surface area contributed by atoms with Crippen LogP contribution in [-0.4, -0.2) is 12.2 Å². The number of anilines is 1. The van der Waals surface area contributed by atoms with E-state index in [2.05, 4.69) is 60.0 Å². The molecule has 2 N–H and O–H groups in total. The van der Waals surface area contributed by atoms with Crippen LogP contribution < -0.4 is 15.4 Å². The Morgan fingerprint density at radius 3 is 2.58 bits per heavy atom. The summed E-state index contributed by atoms with van der Waals surface area (Å²) in [4.78, 5) is 0. The van der Waals surface area contributed by atoms with E-state index in [1.807, 2.05) is 24.3 Å². The van der Waals surface area contributed by atoms with Crippen molar-refractivity contribution in [1.29, 1.82) is 0 Å². The summed E-state index contributed by atoms with van der Waals surface area (Å²) < 4.78 is 5.23. The van der Waals surface area contributed by atoms with E-state index in [1.54, 1.807) is 7.11 Å². The van der Waals surface area contributed by atoms with Gasteiger partial charge >= 0.3 is 0 Å². The van der Waals surface area contributed by atoms with Crippen molar-refractivity contribution in [1.82, 2.24) is 5.32 Å². The van der Waals surface area contributed by atoms with Crippen LogP contribution in [-0.2, 0) is 0 Å². The highest BCUT2D eigenvalue weighted by Gasteiger charge is 2.10. The molecule has 24 heavy (non-hydrogen) atoms. The van der Waals surface area contributed by atoms with Crippen LogP contribution in [0.15, 0.2) is 66.7 Å². The van der Waals surface area contributed by atoms with E-state index in [0.29, 0.717) is 5.11 Å². The van der Waals surface area contributed by atoms with Gasteiger partial charge in [0.15, 0.2) is 5.11 Å². The highest BCUT2D eigenvalue weighted by molar-refractivity contribution is 7.80. The molecule has 0 amide bonds. The Hall–Kier alpha value is -2.59. The molecule has 3 rings (SSSR count). The molecular weight excluding hydrogens is 316 g/mol. The summed E-state index contributed by atoms with van der Waals surface area (Å²) in [5.74, 6) is 0.796. The number of thiocarbonyl (C=S) groups is 1.